The van der Waals surface area contributed by atoms with Gasteiger partial charge in [-0.25, -0.2) is 15.0 Å². The number of carbonyl (C=O) groups is 1. The number of nitrogens with zero attached hydrogens (tertiary/aromatic N) is 3. The smallest absolute Gasteiger partial charge is 0.255 e. The zero-order chi connectivity index (χ0) is 31.9. The van der Waals surface area contributed by atoms with Crippen LogP contribution in [0.3, 0.4) is 0 Å². The minimum Gasteiger partial charge on any atom is -0.497 e. The van der Waals surface area contributed by atoms with Crippen molar-refractivity contribution in [3.63, 3.8) is 0 Å². The van der Waals surface area contributed by atoms with Gasteiger partial charge in [0.2, 0.25) is 0 Å². The monoisotopic (exact) mass is 611 g/mol. The molecule has 46 heavy (non-hydrogen) atoms. The summed E-state index contributed by atoms with van der Waals surface area (Å²) in [6, 6.07) is 33.7. The summed E-state index contributed by atoms with van der Waals surface area (Å²) < 4.78 is 17.5. The Morgan fingerprint density at radius 2 is 1.61 bits per heavy atom. The van der Waals surface area contributed by atoms with Crippen LogP contribution in [0.4, 0.5) is 17.2 Å². The molecule has 0 bridgehead atoms. The number of ether oxygens (including phenoxy) is 3. The van der Waals surface area contributed by atoms with E-state index in [9.17, 15) is 4.79 Å². The third-order valence-electron chi connectivity index (χ3n) is 7.23. The molecular formula is C37H33N5O4. The molecule has 230 valence electrons. The van der Waals surface area contributed by atoms with E-state index in [0.29, 0.717) is 52.3 Å². The molecule has 2 N–H and O–H groups in total. The predicted molar refractivity (Wildman–Crippen MR) is 179 cm³/mol. The second-order valence-corrected chi connectivity index (χ2v) is 10.9. The SMILES string of the molecule is COc1cccc(NC(=O)c2ccc(Oc3ccc(OCc4ccccc4)cc3)c(Nc3ncnc4nc(C(C)C)ccc34)c2)c1. The summed E-state index contributed by atoms with van der Waals surface area (Å²) in [6.45, 7) is 4.64. The summed E-state index contributed by atoms with van der Waals surface area (Å²) in [7, 11) is 1.58. The number of hydrogen-bond donors (Lipinski definition) is 2. The lowest BCUT2D eigenvalue weighted by Gasteiger charge is -2.16. The fourth-order valence-corrected chi connectivity index (χ4v) is 4.74. The highest BCUT2D eigenvalue weighted by atomic mass is 16.5. The maximum Gasteiger partial charge on any atom is 0.255 e. The quantitative estimate of drug-likeness (QED) is 0.150. The lowest BCUT2D eigenvalue weighted by molar-refractivity contribution is 0.102. The van der Waals surface area contributed by atoms with Crippen LogP contribution in [0.2, 0.25) is 0 Å². The van der Waals surface area contributed by atoms with E-state index in [-0.39, 0.29) is 11.8 Å². The van der Waals surface area contributed by atoms with Gasteiger partial charge >= 0.3 is 0 Å². The van der Waals surface area contributed by atoms with Gasteiger partial charge in [-0.1, -0.05) is 50.2 Å². The van der Waals surface area contributed by atoms with Crippen molar-refractivity contribution in [1.29, 1.82) is 0 Å². The van der Waals surface area contributed by atoms with Crippen molar-refractivity contribution < 1.29 is 19.0 Å². The van der Waals surface area contributed by atoms with Crippen LogP contribution in [-0.2, 0) is 6.61 Å². The minimum atomic E-state index is -0.293. The number of hydrogen-bond acceptors (Lipinski definition) is 8. The van der Waals surface area contributed by atoms with Crippen LogP contribution in [0.25, 0.3) is 11.0 Å². The Morgan fingerprint density at radius 3 is 2.39 bits per heavy atom. The van der Waals surface area contributed by atoms with E-state index in [1.54, 1.807) is 37.4 Å². The average Bonchev–Trinajstić information content (AvgIpc) is 3.09. The number of amides is 1. The maximum absolute atomic E-state index is 13.3. The molecule has 2 aromatic heterocycles. The van der Waals surface area contributed by atoms with Gasteiger partial charge in [0.25, 0.3) is 5.91 Å². The lowest BCUT2D eigenvalue weighted by atomic mass is 10.1. The highest BCUT2D eigenvalue weighted by Crippen LogP contribution is 2.35. The molecule has 0 fully saturated rings. The number of carbonyl (C=O) groups excluding carboxylic acids is 1. The molecule has 0 saturated carbocycles. The Balaban J connectivity index is 1.28. The topological polar surface area (TPSA) is 107 Å². The van der Waals surface area contributed by atoms with Gasteiger partial charge in [-0.2, -0.15) is 0 Å². The van der Waals surface area contributed by atoms with Gasteiger partial charge in [-0.3, -0.25) is 4.79 Å². The number of anilines is 3. The van der Waals surface area contributed by atoms with Crippen molar-refractivity contribution in [3.05, 3.63) is 132 Å². The Labute approximate surface area is 267 Å². The van der Waals surface area contributed by atoms with Crippen molar-refractivity contribution in [3.8, 4) is 23.0 Å². The summed E-state index contributed by atoms with van der Waals surface area (Å²) in [5.41, 5.74) is 4.17. The van der Waals surface area contributed by atoms with Crippen molar-refractivity contribution in [2.45, 2.75) is 26.4 Å². The molecule has 6 aromatic rings. The highest BCUT2D eigenvalue weighted by Gasteiger charge is 2.15. The van der Waals surface area contributed by atoms with Crippen LogP contribution in [-0.4, -0.2) is 28.0 Å². The van der Waals surface area contributed by atoms with Gasteiger partial charge in [-0.15, -0.1) is 0 Å². The summed E-state index contributed by atoms with van der Waals surface area (Å²) >= 11 is 0. The standard InChI is InChI=1S/C37H33N5O4/c1-24(2)32-18-17-31-35(41-32)38-23-39-36(31)42-33-20-26(37(43)40-27-10-7-11-30(21-27)44-3)12-19-34(33)46-29-15-13-28(14-16-29)45-22-25-8-5-4-6-9-25/h4-21,23-24H,22H2,1-3H3,(H,40,43)(H,38,39,41,42). The molecule has 0 aliphatic carbocycles. The number of methoxy groups -OCH3 is 1. The Hall–Kier alpha value is -5.96. The molecular weight excluding hydrogens is 578 g/mol. The Bertz CT molecular complexity index is 1960. The van der Waals surface area contributed by atoms with Crippen LogP contribution < -0.4 is 24.8 Å². The molecule has 0 spiro atoms. The second-order valence-electron chi connectivity index (χ2n) is 10.9. The van der Waals surface area contributed by atoms with Gasteiger partial charge in [0, 0.05) is 23.0 Å². The third kappa shape index (κ3) is 7.22. The number of benzene rings is 4. The molecule has 6 rings (SSSR count). The van der Waals surface area contributed by atoms with E-state index in [1.165, 1.54) is 6.33 Å². The zero-order valence-corrected chi connectivity index (χ0v) is 25.7. The normalized spacial score (nSPS) is 10.9. The van der Waals surface area contributed by atoms with Crippen LogP contribution in [0.1, 0.15) is 41.4 Å². The second kappa shape index (κ2) is 13.8. The number of aromatic nitrogens is 3. The number of pyridine rings is 1. The summed E-state index contributed by atoms with van der Waals surface area (Å²) in [5.74, 6) is 2.95. The molecule has 4 aromatic carbocycles. The largest absolute Gasteiger partial charge is 0.497 e. The molecule has 0 atom stereocenters. The van der Waals surface area contributed by atoms with E-state index in [4.69, 9.17) is 19.2 Å². The average molecular weight is 612 g/mol. The predicted octanol–water partition coefficient (Wildman–Crippen LogP) is 8.52. The summed E-state index contributed by atoms with van der Waals surface area (Å²) in [6.07, 6.45) is 1.47. The first-order valence-corrected chi connectivity index (χ1v) is 14.9. The van der Waals surface area contributed by atoms with E-state index < -0.39 is 0 Å². The van der Waals surface area contributed by atoms with Gasteiger partial charge in [0.1, 0.15) is 36.0 Å². The third-order valence-corrected chi connectivity index (χ3v) is 7.23. The molecule has 0 radical (unpaired) electrons. The molecule has 0 aliphatic heterocycles. The molecule has 2 heterocycles. The number of rotatable bonds is 11. The minimum absolute atomic E-state index is 0.255. The van der Waals surface area contributed by atoms with Crippen LogP contribution in [0, 0.1) is 0 Å². The van der Waals surface area contributed by atoms with Crippen LogP contribution in [0.5, 0.6) is 23.0 Å². The Kier molecular flexibility index (Phi) is 9.01. The first-order chi connectivity index (χ1) is 22.4. The summed E-state index contributed by atoms with van der Waals surface area (Å²) in [5, 5.41) is 7.04. The zero-order valence-electron chi connectivity index (χ0n) is 25.7. The first kappa shape index (κ1) is 30.1. The van der Waals surface area contributed by atoms with Crippen molar-refractivity contribution in [2.75, 3.05) is 17.7 Å². The van der Waals surface area contributed by atoms with E-state index in [2.05, 4.69) is 34.4 Å². The van der Waals surface area contributed by atoms with Gasteiger partial charge in [-0.05, 0) is 78.2 Å². The van der Waals surface area contributed by atoms with E-state index in [1.807, 2.05) is 78.9 Å². The molecule has 0 aliphatic rings. The Morgan fingerprint density at radius 1 is 0.804 bits per heavy atom. The first-order valence-electron chi connectivity index (χ1n) is 14.9. The van der Waals surface area contributed by atoms with Gasteiger partial charge in [0.05, 0.1) is 18.2 Å². The maximum atomic E-state index is 13.3. The fraction of sp³-hybridized carbons (Fsp3) is 0.135. The molecule has 9 heteroatoms. The molecule has 9 nitrogen and oxygen atoms in total. The van der Waals surface area contributed by atoms with Crippen LogP contribution >= 0.6 is 0 Å². The number of nitrogens with one attached hydrogen (secondary N) is 2. The lowest BCUT2D eigenvalue weighted by Crippen LogP contribution is -2.12. The van der Waals surface area contributed by atoms with Gasteiger partial charge < -0.3 is 24.8 Å². The van der Waals surface area contributed by atoms with Crippen molar-refractivity contribution >= 4 is 34.1 Å². The van der Waals surface area contributed by atoms with Gasteiger partial charge in [0.15, 0.2) is 11.4 Å². The van der Waals surface area contributed by atoms with Crippen molar-refractivity contribution in [2.24, 2.45) is 0 Å². The van der Waals surface area contributed by atoms with E-state index in [0.717, 1.165) is 22.4 Å². The fourth-order valence-electron chi connectivity index (χ4n) is 4.74. The molecule has 0 unspecified atom stereocenters. The molecule has 1 amide bonds. The highest BCUT2D eigenvalue weighted by molar-refractivity contribution is 6.05. The molecule has 0 saturated heterocycles. The van der Waals surface area contributed by atoms with Crippen LogP contribution in [0.15, 0.2) is 116 Å². The van der Waals surface area contributed by atoms with E-state index >= 15 is 0 Å². The van der Waals surface area contributed by atoms with Crippen molar-refractivity contribution in [1.82, 2.24) is 15.0 Å². The number of fused-ring (bicyclic) bond motifs is 1. The summed E-state index contributed by atoms with van der Waals surface area (Å²) in [4.78, 5) is 26.9.